The number of hydrogen-bond donors (Lipinski definition) is 1. The van der Waals surface area contributed by atoms with E-state index in [9.17, 15) is 0 Å². The Hall–Kier alpha value is -0.800. The number of nitrogens with zero attached hydrogens (tertiary/aromatic N) is 1. The molecule has 2 rings (SSSR count). The highest BCUT2D eigenvalue weighted by Gasteiger charge is 2.34. The predicted octanol–water partition coefficient (Wildman–Crippen LogP) is 2.46. The van der Waals surface area contributed by atoms with Crippen LogP contribution in [0.15, 0.2) is 16.5 Å². The van der Waals surface area contributed by atoms with Gasteiger partial charge >= 0.3 is 0 Å². The second kappa shape index (κ2) is 5.02. The van der Waals surface area contributed by atoms with E-state index in [-0.39, 0.29) is 6.04 Å². The molecular formula is C13H22N2O. The van der Waals surface area contributed by atoms with Crippen LogP contribution in [-0.2, 0) is 0 Å². The van der Waals surface area contributed by atoms with Crippen molar-refractivity contribution in [3.8, 4) is 0 Å². The summed E-state index contributed by atoms with van der Waals surface area (Å²) in [6, 6.07) is 5.09. The molecule has 0 amide bonds. The van der Waals surface area contributed by atoms with Gasteiger partial charge in [-0.3, -0.25) is 4.90 Å². The zero-order valence-corrected chi connectivity index (χ0v) is 10.3. The standard InChI is InChI=1S/C13H22N2O/c1-3-8-15(11-5-6-11)12(9-14)13-7-4-10(2)16-13/h4,7,11-12H,3,5-6,8-9,14H2,1-2H3. The van der Waals surface area contributed by atoms with Crippen LogP contribution in [0.4, 0.5) is 0 Å². The molecule has 90 valence electrons. The molecule has 2 N–H and O–H groups in total. The lowest BCUT2D eigenvalue weighted by molar-refractivity contribution is 0.168. The number of rotatable bonds is 6. The lowest BCUT2D eigenvalue weighted by Crippen LogP contribution is -2.35. The van der Waals surface area contributed by atoms with Gasteiger partial charge in [-0.1, -0.05) is 6.92 Å². The van der Waals surface area contributed by atoms with E-state index < -0.39 is 0 Å². The Balaban J connectivity index is 2.12. The van der Waals surface area contributed by atoms with Crippen molar-refractivity contribution in [3.05, 3.63) is 23.7 Å². The number of nitrogens with two attached hydrogens (primary N) is 1. The molecule has 1 saturated carbocycles. The van der Waals surface area contributed by atoms with Gasteiger partial charge in [-0.15, -0.1) is 0 Å². The molecule has 1 aromatic heterocycles. The highest BCUT2D eigenvalue weighted by atomic mass is 16.3. The van der Waals surface area contributed by atoms with Gasteiger partial charge in [-0.05, 0) is 44.9 Å². The lowest BCUT2D eigenvalue weighted by Gasteiger charge is -2.29. The summed E-state index contributed by atoms with van der Waals surface area (Å²) in [6.45, 7) is 5.96. The molecule has 0 aromatic carbocycles. The van der Waals surface area contributed by atoms with Crippen LogP contribution in [0, 0.1) is 6.92 Å². The Morgan fingerprint density at radius 1 is 1.50 bits per heavy atom. The van der Waals surface area contributed by atoms with Crippen molar-refractivity contribution in [1.82, 2.24) is 4.90 Å². The molecule has 0 radical (unpaired) electrons. The summed E-state index contributed by atoms with van der Waals surface area (Å²) >= 11 is 0. The summed E-state index contributed by atoms with van der Waals surface area (Å²) in [6.07, 6.45) is 3.80. The van der Waals surface area contributed by atoms with Gasteiger partial charge in [0.1, 0.15) is 11.5 Å². The minimum Gasteiger partial charge on any atom is -0.465 e. The molecule has 1 heterocycles. The van der Waals surface area contributed by atoms with E-state index >= 15 is 0 Å². The van der Waals surface area contributed by atoms with Crippen LogP contribution in [0.5, 0.6) is 0 Å². The molecular weight excluding hydrogens is 200 g/mol. The summed E-state index contributed by atoms with van der Waals surface area (Å²) in [5.74, 6) is 2.00. The van der Waals surface area contributed by atoms with Crippen molar-refractivity contribution < 1.29 is 4.42 Å². The van der Waals surface area contributed by atoms with Crippen LogP contribution in [0.1, 0.15) is 43.7 Å². The highest BCUT2D eigenvalue weighted by molar-refractivity contribution is 5.11. The molecule has 3 heteroatoms. The fraction of sp³-hybridized carbons (Fsp3) is 0.692. The first kappa shape index (κ1) is 11.7. The Bertz CT molecular complexity index is 330. The molecule has 0 saturated heterocycles. The van der Waals surface area contributed by atoms with Crippen molar-refractivity contribution in [2.45, 2.75) is 45.2 Å². The molecule has 0 aliphatic heterocycles. The number of furan rings is 1. The number of hydrogen-bond acceptors (Lipinski definition) is 3. The first-order chi connectivity index (χ1) is 7.76. The van der Waals surface area contributed by atoms with Crippen LogP contribution >= 0.6 is 0 Å². The quantitative estimate of drug-likeness (QED) is 0.804. The summed E-state index contributed by atoms with van der Waals surface area (Å²) in [5, 5.41) is 0. The van der Waals surface area contributed by atoms with Crippen molar-refractivity contribution in [1.29, 1.82) is 0 Å². The van der Waals surface area contributed by atoms with Gasteiger partial charge in [-0.25, -0.2) is 0 Å². The first-order valence-electron chi connectivity index (χ1n) is 6.28. The first-order valence-corrected chi connectivity index (χ1v) is 6.28. The smallest absolute Gasteiger partial charge is 0.122 e. The maximum Gasteiger partial charge on any atom is 0.122 e. The van der Waals surface area contributed by atoms with Crippen LogP contribution in [0.2, 0.25) is 0 Å². The van der Waals surface area contributed by atoms with Gasteiger partial charge in [0.25, 0.3) is 0 Å². The van der Waals surface area contributed by atoms with Gasteiger partial charge in [0.05, 0.1) is 6.04 Å². The molecule has 1 aliphatic carbocycles. The van der Waals surface area contributed by atoms with Crippen molar-refractivity contribution >= 4 is 0 Å². The van der Waals surface area contributed by atoms with Gasteiger partial charge < -0.3 is 10.2 Å². The van der Waals surface area contributed by atoms with Crippen LogP contribution in [0.3, 0.4) is 0 Å². The van der Waals surface area contributed by atoms with E-state index in [1.165, 1.54) is 19.3 Å². The fourth-order valence-electron chi connectivity index (χ4n) is 2.30. The summed E-state index contributed by atoms with van der Waals surface area (Å²) in [7, 11) is 0. The molecule has 1 unspecified atom stereocenters. The van der Waals surface area contributed by atoms with E-state index in [4.69, 9.17) is 10.2 Å². The largest absolute Gasteiger partial charge is 0.465 e. The topological polar surface area (TPSA) is 42.4 Å². The third-order valence-corrected chi connectivity index (χ3v) is 3.21. The Labute approximate surface area is 97.6 Å². The molecule has 3 nitrogen and oxygen atoms in total. The second-order valence-electron chi connectivity index (χ2n) is 4.67. The molecule has 1 aliphatic rings. The van der Waals surface area contributed by atoms with E-state index in [1.54, 1.807) is 0 Å². The van der Waals surface area contributed by atoms with Crippen LogP contribution < -0.4 is 5.73 Å². The third-order valence-electron chi connectivity index (χ3n) is 3.21. The van der Waals surface area contributed by atoms with Crippen LogP contribution in [-0.4, -0.2) is 24.0 Å². The summed E-state index contributed by atoms with van der Waals surface area (Å²) < 4.78 is 5.72. The maximum absolute atomic E-state index is 5.91. The number of aryl methyl sites for hydroxylation is 1. The van der Waals surface area contributed by atoms with E-state index in [0.29, 0.717) is 6.54 Å². The predicted molar refractivity (Wildman–Crippen MR) is 65.3 cm³/mol. The molecule has 1 aromatic rings. The lowest BCUT2D eigenvalue weighted by atomic mass is 10.1. The summed E-state index contributed by atoms with van der Waals surface area (Å²) in [4.78, 5) is 2.51. The van der Waals surface area contributed by atoms with Gasteiger partial charge in [-0.2, -0.15) is 0 Å². The average Bonchev–Trinajstić information content (AvgIpc) is 3.02. The van der Waals surface area contributed by atoms with Crippen molar-refractivity contribution in [3.63, 3.8) is 0 Å². The molecule has 0 bridgehead atoms. The molecule has 1 atom stereocenters. The normalized spacial score (nSPS) is 18.0. The van der Waals surface area contributed by atoms with E-state index in [2.05, 4.69) is 17.9 Å². The third kappa shape index (κ3) is 2.47. The second-order valence-corrected chi connectivity index (χ2v) is 4.67. The SMILES string of the molecule is CCCN(C1CC1)C(CN)c1ccc(C)o1. The Kier molecular flexibility index (Phi) is 3.66. The minimum absolute atomic E-state index is 0.265. The van der Waals surface area contributed by atoms with Crippen LogP contribution in [0.25, 0.3) is 0 Å². The zero-order chi connectivity index (χ0) is 11.5. The van der Waals surface area contributed by atoms with Crippen molar-refractivity contribution in [2.24, 2.45) is 5.73 Å². The average molecular weight is 222 g/mol. The van der Waals surface area contributed by atoms with Gasteiger partial charge in [0.2, 0.25) is 0 Å². The molecule has 0 spiro atoms. The zero-order valence-electron chi connectivity index (χ0n) is 10.3. The Morgan fingerprint density at radius 3 is 2.69 bits per heavy atom. The molecule has 1 fully saturated rings. The van der Waals surface area contributed by atoms with E-state index in [1.807, 2.05) is 13.0 Å². The van der Waals surface area contributed by atoms with Gasteiger partial charge in [0, 0.05) is 12.6 Å². The Morgan fingerprint density at radius 2 is 2.25 bits per heavy atom. The monoisotopic (exact) mass is 222 g/mol. The fourth-order valence-corrected chi connectivity index (χ4v) is 2.30. The molecule has 16 heavy (non-hydrogen) atoms. The maximum atomic E-state index is 5.91. The van der Waals surface area contributed by atoms with Gasteiger partial charge in [0.15, 0.2) is 0 Å². The summed E-state index contributed by atoms with van der Waals surface area (Å²) in [5.41, 5.74) is 5.91. The van der Waals surface area contributed by atoms with Crippen molar-refractivity contribution in [2.75, 3.05) is 13.1 Å². The van der Waals surface area contributed by atoms with E-state index in [0.717, 1.165) is 24.1 Å². The highest BCUT2D eigenvalue weighted by Crippen LogP contribution is 2.34. The minimum atomic E-state index is 0.265.